The number of anilines is 1. The van der Waals surface area contributed by atoms with Crippen LogP contribution in [0.1, 0.15) is 17.0 Å². The van der Waals surface area contributed by atoms with Gasteiger partial charge in [0.1, 0.15) is 11.6 Å². The van der Waals surface area contributed by atoms with Crippen LogP contribution < -0.4 is 10.6 Å². The van der Waals surface area contributed by atoms with E-state index in [4.69, 9.17) is 5.73 Å². The Morgan fingerprint density at radius 3 is 2.74 bits per heavy atom. The van der Waals surface area contributed by atoms with Gasteiger partial charge in [0.25, 0.3) is 0 Å². The van der Waals surface area contributed by atoms with Gasteiger partial charge in [-0.15, -0.1) is 0 Å². The van der Waals surface area contributed by atoms with Gasteiger partial charge in [-0.25, -0.2) is 9.97 Å². The topological polar surface area (TPSA) is 60.0 Å². The van der Waals surface area contributed by atoms with Gasteiger partial charge in [-0.1, -0.05) is 6.07 Å². The third-order valence-corrected chi connectivity index (χ3v) is 3.20. The van der Waals surface area contributed by atoms with Crippen molar-refractivity contribution >= 4 is 5.82 Å². The molecule has 102 valence electrons. The molecule has 0 amide bonds. The summed E-state index contributed by atoms with van der Waals surface area (Å²) in [6, 6.07) is 2.16. The van der Waals surface area contributed by atoms with Gasteiger partial charge in [0.05, 0.1) is 6.54 Å². The van der Waals surface area contributed by atoms with Crippen LogP contribution in [0.5, 0.6) is 0 Å². The molecule has 0 aliphatic carbocycles. The van der Waals surface area contributed by atoms with Gasteiger partial charge < -0.3 is 15.2 Å². The molecule has 0 aliphatic rings. The van der Waals surface area contributed by atoms with Crippen molar-refractivity contribution in [1.82, 2.24) is 14.5 Å². The van der Waals surface area contributed by atoms with Crippen LogP contribution in [0.2, 0.25) is 0 Å². The number of aryl methyl sites for hydroxylation is 2. The maximum atomic E-state index is 5.57. The first-order valence-electron chi connectivity index (χ1n) is 6.44. The molecule has 2 aromatic rings. The summed E-state index contributed by atoms with van der Waals surface area (Å²) in [5.41, 5.74) is 7.92. The molecule has 0 aromatic carbocycles. The normalized spacial score (nSPS) is 10.7. The minimum atomic E-state index is 0.656. The molecule has 0 atom stereocenters. The molecule has 5 nitrogen and oxygen atoms in total. The van der Waals surface area contributed by atoms with Crippen LogP contribution in [0.3, 0.4) is 0 Å². The van der Waals surface area contributed by atoms with Gasteiger partial charge in [-0.3, -0.25) is 0 Å². The van der Waals surface area contributed by atoms with Gasteiger partial charge in [0, 0.05) is 32.7 Å². The first-order valence-corrected chi connectivity index (χ1v) is 6.44. The van der Waals surface area contributed by atoms with Crippen LogP contribution >= 0.6 is 0 Å². The number of pyridine rings is 1. The van der Waals surface area contributed by atoms with E-state index >= 15 is 0 Å². The molecule has 0 aliphatic heterocycles. The van der Waals surface area contributed by atoms with Crippen molar-refractivity contribution in [3.63, 3.8) is 0 Å². The number of nitrogens with two attached hydrogens (primary N) is 1. The van der Waals surface area contributed by atoms with E-state index in [0.29, 0.717) is 6.54 Å². The average molecular weight is 259 g/mol. The molecule has 0 fully saturated rings. The summed E-state index contributed by atoms with van der Waals surface area (Å²) in [7, 11) is 4.04. The van der Waals surface area contributed by atoms with E-state index in [2.05, 4.69) is 27.9 Å². The number of nitrogens with zero attached hydrogens (tertiary/aromatic N) is 4. The number of aromatic nitrogens is 3. The first kappa shape index (κ1) is 13.5. The molecule has 5 heteroatoms. The molecule has 0 spiro atoms. The molecule has 0 saturated heterocycles. The molecule has 2 aromatic heterocycles. The highest BCUT2D eigenvalue weighted by molar-refractivity contribution is 5.46. The second-order valence-electron chi connectivity index (χ2n) is 4.83. The van der Waals surface area contributed by atoms with E-state index < -0.39 is 0 Å². The Balaban J connectivity index is 2.15. The second kappa shape index (κ2) is 5.84. The summed E-state index contributed by atoms with van der Waals surface area (Å²) in [5.74, 6) is 2.01. The zero-order valence-electron chi connectivity index (χ0n) is 11.8. The summed E-state index contributed by atoms with van der Waals surface area (Å²) >= 11 is 0. The number of hydrogen-bond acceptors (Lipinski definition) is 4. The lowest BCUT2D eigenvalue weighted by molar-refractivity contribution is 0.753. The number of rotatable bonds is 5. The van der Waals surface area contributed by atoms with Crippen molar-refractivity contribution in [3.8, 4) is 0 Å². The molecular formula is C14H21N5. The number of imidazole rings is 1. The van der Waals surface area contributed by atoms with Crippen molar-refractivity contribution in [2.45, 2.75) is 19.9 Å². The van der Waals surface area contributed by atoms with E-state index in [1.54, 1.807) is 0 Å². The molecule has 0 bridgehead atoms. The lowest BCUT2D eigenvalue weighted by Gasteiger charge is -2.20. The Morgan fingerprint density at radius 1 is 1.37 bits per heavy atom. The maximum absolute atomic E-state index is 5.57. The fourth-order valence-corrected chi connectivity index (χ4v) is 2.16. The molecule has 0 unspecified atom stereocenters. The Morgan fingerprint density at radius 2 is 2.16 bits per heavy atom. The van der Waals surface area contributed by atoms with Gasteiger partial charge >= 0.3 is 0 Å². The largest absolute Gasteiger partial charge is 0.352 e. The minimum Gasteiger partial charge on any atom is -0.352 e. The molecule has 0 radical (unpaired) electrons. The highest BCUT2D eigenvalue weighted by Crippen LogP contribution is 2.18. The third-order valence-electron chi connectivity index (χ3n) is 3.20. The summed E-state index contributed by atoms with van der Waals surface area (Å²) in [6.45, 7) is 3.48. The van der Waals surface area contributed by atoms with Crippen LogP contribution in [0.4, 0.5) is 5.82 Å². The first-order chi connectivity index (χ1) is 9.11. The lowest BCUT2D eigenvalue weighted by atomic mass is 10.1. The Kier molecular flexibility index (Phi) is 4.16. The SMILES string of the molecule is Cc1cc(CCN)cnc1N(C)Cc1nccn1C. The van der Waals surface area contributed by atoms with Crippen molar-refractivity contribution < 1.29 is 0 Å². The van der Waals surface area contributed by atoms with E-state index in [0.717, 1.165) is 24.6 Å². The van der Waals surface area contributed by atoms with Gasteiger partial charge in [-0.2, -0.15) is 0 Å². The maximum Gasteiger partial charge on any atom is 0.131 e. The fraction of sp³-hybridized carbons (Fsp3) is 0.429. The summed E-state index contributed by atoms with van der Waals surface area (Å²) < 4.78 is 2.02. The molecule has 2 N–H and O–H groups in total. The molecule has 2 heterocycles. The molecule has 0 saturated carbocycles. The van der Waals surface area contributed by atoms with Gasteiger partial charge in [-0.05, 0) is 31.0 Å². The summed E-state index contributed by atoms with van der Waals surface area (Å²) in [6.07, 6.45) is 6.54. The van der Waals surface area contributed by atoms with E-state index in [9.17, 15) is 0 Å². The molecule has 19 heavy (non-hydrogen) atoms. The summed E-state index contributed by atoms with van der Waals surface area (Å²) in [4.78, 5) is 11.0. The third kappa shape index (κ3) is 3.12. The predicted molar refractivity (Wildman–Crippen MR) is 77.0 cm³/mol. The zero-order chi connectivity index (χ0) is 13.8. The van der Waals surface area contributed by atoms with Crippen molar-refractivity contribution in [3.05, 3.63) is 41.6 Å². The number of hydrogen-bond donors (Lipinski definition) is 1. The van der Waals surface area contributed by atoms with E-state index in [1.165, 1.54) is 11.1 Å². The monoisotopic (exact) mass is 259 g/mol. The minimum absolute atomic E-state index is 0.656. The average Bonchev–Trinajstić information content (AvgIpc) is 2.75. The Bertz CT molecular complexity index is 547. The van der Waals surface area contributed by atoms with Crippen molar-refractivity contribution in [2.75, 3.05) is 18.5 Å². The van der Waals surface area contributed by atoms with Crippen LogP contribution in [0.25, 0.3) is 0 Å². The Labute approximate surface area is 114 Å². The van der Waals surface area contributed by atoms with Crippen molar-refractivity contribution in [2.24, 2.45) is 12.8 Å². The van der Waals surface area contributed by atoms with Crippen LogP contribution in [-0.4, -0.2) is 28.1 Å². The van der Waals surface area contributed by atoms with Gasteiger partial charge in [0.2, 0.25) is 0 Å². The Hall–Kier alpha value is -1.88. The highest BCUT2D eigenvalue weighted by Gasteiger charge is 2.10. The van der Waals surface area contributed by atoms with Gasteiger partial charge in [0.15, 0.2) is 0 Å². The van der Waals surface area contributed by atoms with Crippen LogP contribution in [-0.2, 0) is 20.0 Å². The second-order valence-corrected chi connectivity index (χ2v) is 4.83. The van der Waals surface area contributed by atoms with Crippen LogP contribution in [0, 0.1) is 6.92 Å². The van der Waals surface area contributed by atoms with Crippen molar-refractivity contribution in [1.29, 1.82) is 0 Å². The van der Waals surface area contributed by atoms with Crippen LogP contribution in [0.15, 0.2) is 24.7 Å². The molecule has 2 rings (SSSR count). The predicted octanol–water partition coefficient (Wildman–Crippen LogP) is 1.26. The van der Waals surface area contributed by atoms with E-state index in [1.807, 2.05) is 37.3 Å². The quantitative estimate of drug-likeness (QED) is 0.878. The van der Waals surface area contributed by atoms with E-state index in [-0.39, 0.29) is 0 Å². The smallest absolute Gasteiger partial charge is 0.131 e. The zero-order valence-corrected chi connectivity index (χ0v) is 11.8. The highest BCUT2D eigenvalue weighted by atomic mass is 15.2. The summed E-state index contributed by atoms with van der Waals surface area (Å²) in [5, 5.41) is 0. The standard InChI is InChI=1S/C14H21N5/c1-11-8-12(4-5-15)9-17-14(11)19(3)10-13-16-6-7-18(13)2/h6-9H,4-5,10,15H2,1-3H3. The molecular weight excluding hydrogens is 238 g/mol. The fourth-order valence-electron chi connectivity index (χ4n) is 2.16. The lowest BCUT2D eigenvalue weighted by Crippen LogP contribution is -2.21.